The monoisotopic (exact) mass is 755 g/mol. The van der Waals surface area contributed by atoms with E-state index in [1.165, 1.54) is 19.3 Å². The molecule has 0 spiro atoms. The molecule has 0 aromatic carbocycles. The van der Waals surface area contributed by atoms with Gasteiger partial charge in [0.05, 0.1) is 18.8 Å². The van der Waals surface area contributed by atoms with Crippen molar-refractivity contribution < 1.29 is 27.9 Å². The van der Waals surface area contributed by atoms with Crippen LogP contribution in [0.3, 0.4) is 0 Å². The summed E-state index contributed by atoms with van der Waals surface area (Å²) in [5.41, 5.74) is 0. The first-order valence-corrected chi connectivity index (χ1v) is 26.7. The molecule has 50 heavy (non-hydrogen) atoms. The Balaban J connectivity index is 3.43. The molecule has 0 amide bonds. The number of hydrogen-bond donors (Lipinski definition) is 0. The molecule has 0 N–H and O–H groups in total. The van der Waals surface area contributed by atoms with E-state index in [4.69, 9.17) is 18.3 Å². The first-order valence-electron chi connectivity index (χ1n) is 19.9. The zero-order chi connectivity index (χ0) is 38.2. The minimum Gasteiger partial charge on any atom is -0.466 e. The van der Waals surface area contributed by atoms with Crippen LogP contribution in [0.15, 0.2) is 22.8 Å². The molecule has 0 saturated heterocycles. The van der Waals surface area contributed by atoms with Gasteiger partial charge in [0.15, 0.2) is 16.6 Å². The molecule has 0 aromatic heterocycles. The molecule has 292 valence electrons. The maximum atomic E-state index is 12.9. The van der Waals surface area contributed by atoms with E-state index < -0.39 is 16.6 Å². The zero-order valence-corrected chi connectivity index (χ0v) is 37.7. The van der Waals surface area contributed by atoms with Crippen LogP contribution in [0.5, 0.6) is 0 Å². The van der Waals surface area contributed by atoms with Crippen molar-refractivity contribution in [3.8, 4) is 0 Å². The van der Waals surface area contributed by atoms with Gasteiger partial charge in [0.1, 0.15) is 5.76 Å². The summed E-state index contributed by atoms with van der Waals surface area (Å²) in [4.78, 5) is 26.1. The highest BCUT2D eigenvalue weighted by Crippen LogP contribution is 2.47. The minimum atomic E-state index is -2.14. The van der Waals surface area contributed by atoms with Crippen LogP contribution < -0.4 is 0 Å². The summed E-state index contributed by atoms with van der Waals surface area (Å²) < 4.78 is 25.8. The average molecular weight is 755 g/mol. The van der Waals surface area contributed by atoms with E-state index in [9.17, 15) is 9.59 Å². The first kappa shape index (κ1) is 47.1. The molecule has 0 fully saturated rings. The van der Waals surface area contributed by atoms with Crippen molar-refractivity contribution in [2.45, 2.75) is 201 Å². The van der Waals surface area contributed by atoms with Gasteiger partial charge in [0.25, 0.3) is 0 Å². The topological polar surface area (TPSA) is 71.1 Å². The van der Waals surface area contributed by atoms with Crippen LogP contribution >= 0.6 is 11.8 Å². The molecule has 4 atom stereocenters. The Morgan fingerprint density at radius 2 is 1.48 bits per heavy atom. The lowest BCUT2D eigenvalue weighted by Crippen LogP contribution is -2.45. The predicted molar refractivity (Wildman–Crippen MR) is 220 cm³/mol. The highest BCUT2D eigenvalue weighted by atomic mass is 32.2. The van der Waals surface area contributed by atoms with E-state index in [1.807, 2.05) is 6.92 Å². The third kappa shape index (κ3) is 16.9. The number of rotatable bonds is 24. The van der Waals surface area contributed by atoms with Crippen molar-refractivity contribution in [3.05, 3.63) is 22.8 Å². The smallest absolute Gasteiger partial charge is 0.310 e. The van der Waals surface area contributed by atoms with Crippen molar-refractivity contribution in [1.29, 1.82) is 0 Å². The second kappa shape index (κ2) is 22.4. The standard InChI is InChI=1S/C41H78O6SSi2/c1-15-18-24-32(4)30-33(46-49(11,12)40(5,6)7)26-27-34-35(47-50(13,14)41(8,9)10)31-36(45-38(43)23-17-3)39(34)48-29-22-20-21-25-37(42)44-28-19-16-2/h26-27,32-35H,15-25,28-31H2,1-14H3/b27-26+/t32-,33-,34+,35-/m1/s1. The van der Waals surface area contributed by atoms with Crippen LogP contribution in [-0.2, 0) is 27.9 Å². The second-order valence-corrected chi connectivity index (χ2v) is 28.3. The van der Waals surface area contributed by atoms with Gasteiger partial charge in [-0.1, -0.05) is 113 Å². The number of carbonyl (C=O) groups excluding carboxylic acids is 2. The van der Waals surface area contributed by atoms with Gasteiger partial charge in [-0.25, -0.2) is 0 Å². The Hall–Kier alpha value is -0.876. The van der Waals surface area contributed by atoms with E-state index in [-0.39, 0.29) is 40.1 Å². The summed E-state index contributed by atoms with van der Waals surface area (Å²) in [5.74, 6) is 1.97. The third-order valence-corrected chi connectivity index (χ3v) is 21.1. The van der Waals surface area contributed by atoms with Gasteiger partial charge >= 0.3 is 11.9 Å². The molecule has 0 bridgehead atoms. The summed E-state index contributed by atoms with van der Waals surface area (Å²) in [6.45, 7) is 32.4. The zero-order valence-electron chi connectivity index (χ0n) is 34.9. The Morgan fingerprint density at radius 1 is 0.840 bits per heavy atom. The third-order valence-electron chi connectivity index (χ3n) is 10.8. The lowest BCUT2D eigenvalue weighted by Gasteiger charge is -2.40. The Kier molecular flexibility index (Phi) is 21.1. The normalized spacial score (nSPS) is 18.9. The molecule has 0 radical (unpaired) electrons. The SMILES string of the molecule is CCCCOC(=O)CCCCCSC1=C(OC(=O)CCC)C[C@@H](O[Si](C)(C)C(C)(C)C)[C@@H]1/C=C/[C@H](C[C@H](C)CCCC)O[Si](C)(C)C(C)(C)C. The number of carbonyl (C=O) groups is 2. The number of hydrogen-bond acceptors (Lipinski definition) is 7. The largest absolute Gasteiger partial charge is 0.466 e. The number of esters is 2. The van der Waals surface area contributed by atoms with E-state index in [0.717, 1.165) is 61.4 Å². The van der Waals surface area contributed by atoms with Crippen LogP contribution in [0.2, 0.25) is 36.3 Å². The van der Waals surface area contributed by atoms with Crippen molar-refractivity contribution in [2.24, 2.45) is 11.8 Å². The van der Waals surface area contributed by atoms with E-state index >= 15 is 0 Å². The molecule has 0 aromatic rings. The van der Waals surface area contributed by atoms with Crippen LogP contribution in [0.1, 0.15) is 153 Å². The van der Waals surface area contributed by atoms with Gasteiger partial charge < -0.3 is 18.3 Å². The van der Waals surface area contributed by atoms with Crippen molar-refractivity contribution in [3.63, 3.8) is 0 Å². The Labute approximate surface area is 315 Å². The number of ether oxygens (including phenoxy) is 2. The van der Waals surface area contributed by atoms with Crippen LogP contribution in [0, 0.1) is 11.8 Å². The van der Waals surface area contributed by atoms with Crippen LogP contribution in [0.25, 0.3) is 0 Å². The predicted octanol–water partition coefficient (Wildman–Crippen LogP) is 12.8. The Bertz CT molecular complexity index is 1070. The van der Waals surface area contributed by atoms with Crippen molar-refractivity contribution >= 4 is 40.3 Å². The molecule has 0 heterocycles. The van der Waals surface area contributed by atoms with E-state index in [2.05, 4.69) is 101 Å². The van der Waals surface area contributed by atoms with Crippen LogP contribution in [0.4, 0.5) is 0 Å². The first-order chi connectivity index (χ1) is 23.2. The fourth-order valence-electron chi connectivity index (χ4n) is 5.47. The van der Waals surface area contributed by atoms with E-state index in [1.54, 1.807) is 11.8 Å². The summed E-state index contributed by atoms with van der Waals surface area (Å²) >= 11 is 1.81. The molecule has 0 unspecified atom stereocenters. The summed E-state index contributed by atoms with van der Waals surface area (Å²) in [6, 6.07) is 0. The van der Waals surface area contributed by atoms with Crippen molar-refractivity contribution in [2.75, 3.05) is 12.4 Å². The van der Waals surface area contributed by atoms with Crippen LogP contribution in [-0.4, -0.2) is 53.1 Å². The molecule has 1 aliphatic rings. The molecule has 6 nitrogen and oxygen atoms in total. The maximum absolute atomic E-state index is 12.9. The van der Waals surface area contributed by atoms with Gasteiger partial charge in [-0.15, -0.1) is 11.8 Å². The number of unbranched alkanes of at least 4 members (excludes halogenated alkanes) is 4. The summed E-state index contributed by atoms with van der Waals surface area (Å²) in [5, 5.41) is 0.164. The molecular formula is C41H78O6SSi2. The fourth-order valence-corrected chi connectivity index (χ4v) is 9.38. The molecule has 1 aliphatic carbocycles. The molecule has 9 heteroatoms. The maximum Gasteiger partial charge on any atom is 0.310 e. The van der Waals surface area contributed by atoms with Gasteiger partial charge in [-0.3, -0.25) is 9.59 Å². The quantitative estimate of drug-likeness (QED) is 0.0420. The lowest BCUT2D eigenvalue weighted by molar-refractivity contribution is -0.144. The summed E-state index contributed by atoms with van der Waals surface area (Å²) in [7, 11) is -4.17. The van der Waals surface area contributed by atoms with Gasteiger partial charge in [0.2, 0.25) is 0 Å². The highest BCUT2D eigenvalue weighted by molar-refractivity contribution is 8.03. The molecular weight excluding hydrogens is 677 g/mol. The average Bonchev–Trinajstić information content (AvgIpc) is 3.29. The molecule has 0 aliphatic heterocycles. The van der Waals surface area contributed by atoms with Gasteiger partial charge in [-0.2, -0.15) is 0 Å². The molecule has 0 saturated carbocycles. The lowest BCUT2D eigenvalue weighted by atomic mass is 9.96. The Morgan fingerprint density at radius 3 is 2.06 bits per heavy atom. The van der Waals surface area contributed by atoms with Crippen molar-refractivity contribution in [1.82, 2.24) is 0 Å². The minimum absolute atomic E-state index is 0.0106. The number of thioether (sulfide) groups is 1. The van der Waals surface area contributed by atoms with E-state index in [0.29, 0.717) is 31.8 Å². The highest BCUT2D eigenvalue weighted by Gasteiger charge is 2.45. The molecule has 1 rings (SSSR count). The van der Waals surface area contributed by atoms with Gasteiger partial charge in [-0.05, 0) is 80.0 Å². The second-order valence-electron chi connectivity index (χ2n) is 17.7. The fraction of sp³-hybridized carbons (Fsp3) is 0.854. The van der Waals surface area contributed by atoms with Gasteiger partial charge in [0, 0.05) is 30.1 Å². The summed E-state index contributed by atoms with van der Waals surface area (Å²) in [6.07, 6.45) is 16.2.